The second-order valence-electron chi connectivity index (χ2n) is 3.37. The maximum Gasteiger partial charge on any atom is 0.125 e. The average molecular weight is 180 g/mol. The number of aryl methyl sites for hydroxylation is 2. The molecule has 0 amide bonds. The number of aliphatic hydroxyl groups is 1. The Balaban J connectivity index is 3.30. The second kappa shape index (κ2) is 3.79. The van der Waals surface area contributed by atoms with Crippen molar-refractivity contribution in [3.8, 4) is 5.75 Å². The third kappa shape index (κ3) is 2.01. The number of ether oxygens (including phenoxy) is 1. The summed E-state index contributed by atoms with van der Waals surface area (Å²) in [5.41, 5.74) is 3.11. The van der Waals surface area contributed by atoms with Gasteiger partial charge in [0.1, 0.15) is 5.75 Å². The van der Waals surface area contributed by atoms with Gasteiger partial charge in [-0.25, -0.2) is 0 Å². The lowest BCUT2D eigenvalue weighted by molar-refractivity contribution is 0.193. The Labute approximate surface area is 79.2 Å². The summed E-state index contributed by atoms with van der Waals surface area (Å²) in [5.74, 6) is 0.771. The van der Waals surface area contributed by atoms with Crippen molar-refractivity contribution in [1.82, 2.24) is 0 Å². The van der Waals surface area contributed by atoms with E-state index >= 15 is 0 Å². The van der Waals surface area contributed by atoms with Crippen LogP contribution in [-0.2, 0) is 0 Å². The van der Waals surface area contributed by atoms with Gasteiger partial charge in [0.05, 0.1) is 13.2 Å². The molecule has 2 nitrogen and oxygen atoms in total. The molecule has 1 aromatic rings. The van der Waals surface area contributed by atoms with E-state index in [1.807, 2.05) is 26.0 Å². The van der Waals surface area contributed by atoms with E-state index in [4.69, 9.17) is 4.74 Å². The fourth-order valence-corrected chi connectivity index (χ4v) is 1.64. The Bertz CT molecular complexity index is 303. The van der Waals surface area contributed by atoms with Crippen LogP contribution in [0.4, 0.5) is 0 Å². The van der Waals surface area contributed by atoms with Gasteiger partial charge in [0.25, 0.3) is 0 Å². The van der Waals surface area contributed by atoms with Crippen LogP contribution in [0.5, 0.6) is 5.75 Å². The lowest BCUT2D eigenvalue weighted by atomic mass is 10.0. The maximum atomic E-state index is 9.53. The molecule has 1 aromatic carbocycles. The third-order valence-electron chi connectivity index (χ3n) is 2.13. The van der Waals surface area contributed by atoms with Crippen molar-refractivity contribution in [3.63, 3.8) is 0 Å². The van der Waals surface area contributed by atoms with Crippen LogP contribution in [0.3, 0.4) is 0 Å². The van der Waals surface area contributed by atoms with Crippen molar-refractivity contribution in [3.05, 3.63) is 28.8 Å². The lowest BCUT2D eigenvalue weighted by Gasteiger charge is -2.14. The van der Waals surface area contributed by atoms with Crippen molar-refractivity contribution < 1.29 is 9.84 Å². The molecule has 72 valence electrons. The minimum absolute atomic E-state index is 0.476. The predicted octanol–water partition coefficient (Wildman–Crippen LogP) is 2.37. The van der Waals surface area contributed by atoms with Crippen molar-refractivity contribution >= 4 is 0 Å². The smallest absolute Gasteiger partial charge is 0.125 e. The first-order valence-electron chi connectivity index (χ1n) is 4.39. The van der Waals surface area contributed by atoms with Crippen LogP contribution in [-0.4, -0.2) is 12.2 Å². The summed E-state index contributed by atoms with van der Waals surface area (Å²) in [6.07, 6.45) is -0.476. The summed E-state index contributed by atoms with van der Waals surface area (Å²) in [6.45, 7) is 5.75. The highest BCUT2D eigenvalue weighted by Gasteiger charge is 2.11. The average Bonchev–Trinajstić information content (AvgIpc) is 2.01. The molecule has 0 saturated heterocycles. The Kier molecular flexibility index (Phi) is 2.94. The van der Waals surface area contributed by atoms with Gasteiger partial charge in [-0.3, -0.25) is 0 Å². The topological polar surface area (TPSA) is 29.5 Å². The number of hydrogen-bond donors (Lipinski definition) is 1. The van der Waals surface area contributed by atoms with E-state index in [1.54, 1.807) is 14.0 Å². The van der Waals surface area contributed by atoms with Gasteiger partial charge in [0, 0.05) is 5.56 Å². The molecular formula is C11H16O2. The van der Waals surface area contributed by atoms with Crippen molar-refractivity contribution in [2.75, 3.05) is 7.11 Å². The van der Waals surface area contributed by atoms with Crippen LogP contribution in [0.15, 0.2) is 12.1 Å². The molecule has 0 aromatic heterocycles. The third-order valence-corrected chi connectivity index (χ3v) is 2.13. The predicted molar refractivity (Wildman–Crippen MR) is 53.1 cm³/mol. The van der Waals surface area contributed by atoms with Crippen molar-refractivity contribution in [2.45, 2.75) is 26.9 Å². The first-order chi connectivity index (χ1) is 6.06. The molecule has 0 aliphatic carbocycles. The standard InChI is InChI=1S/C11H16O2/c1-7-5-8(2)11(9(3)12)10(6-7)13-4/h5-6,9,12H,1-4H3/t9-/m1/s1. The van der Waals surface area contributed by atoms with Crippen molar-refractivity contribution in [1.29, 1.82) is 0 Å². The highest BCUT2D eigenvalue weighted by atomic mass is 16.5. The molecule has 0 fully saturated rings. The molecule has 0 saturated carbocycles. The van der Waals surface area contributed by atoms with Crippen LogP contribution in [0, 0.1) is 13.8 Å². The van der Waals surface area contributed by atoms with Gasteiger partial charge in [-0.05, 0) is 38.0 Å². The first kappa shape index (κ1) is 10.1. The summed E-state index contributed by atoms with van der Waals surface area (Å²) >= 11 is 0. The van der Waals surface area contributed by atoms with Crippen LogP contribution in [0.25, 0.3) is 0 Å². The van der Waals surface area contributed by atoms with Crippen LogP contribution < -0.4 is 4.74 Å². The van der Waals surface area contributed by atoms with Crippen LogP contribution in [0.1, 0.15) is 29.7 Å². The largest absolute Gasteiger partial charge is 0.496 e. The molecular weight excluding hydrogens is 164 g/mol. The quantitative estimate of drug-likeness (QED) is 0.757. The van der Waals surface area contributed by atoms with Gasteiger partial charge in [-0.15, -0.1) is 0 Å². The molecule has 0 aliphatic heterocycles. The zero-order valence-corrected chi connectivity index (χ0v) is 8.59. The van der Waals surface area contributed by atoms with Gasteiger partial charge < -0.3 is 9.84 Å². The fourth-order valence-electron chi connectivity index (χ4n) is 1.64. The fraction of sp³-hybridized carbons (Fsp3) is 0.455. The molecule has 1 N–H and O–H groups in total. The van der Waals surface area contributed by atoms with E-state index < -0.39 is 6.10 Å². The molecule has 2 heteroatoms. The van der Waals surface area contributed by atoms with Gasteiger partial charge >= 0.3 is 0 Å². The number of rotatable bonds is 2. The second-order valence-corrected chi connectivity index (χ2v) is 3.37. The molecule has 0 heterocycles. The Hall–Kier alpha value is -1.02. The molecule has 1 rings (SSSR count). The van der Waals surface area contributed by atoms with E-state index in [0.717, 1.165) is 22.4 Å². The molecule has 13 heavy (non-hydrogen) atoms. The number of hydrogen-bond acceptors (Lipinski definition) is 2. The normalized spacial score (nSPS) is 12.7. The summed E-state index contributed by atoms with van der Waals surface area (Å²) < 4.78 is 5.21. The number of aliphatic hydroxyl groups excluding tert-OH is 1. The summed E-state index contributed by atoms with van der Waals surface area (Å²) in [6, 6.07) is 3.99. The SMILES string of the molecule is COc1cc(C)cc(C)c1[C@@H](C)O. The molecule has 0 aliphatic rings. The van der Waals surface area contributed by atoms with E-state index in [2.05, 4.69) is 0 Å². The highest BCUT2D eigenvalue weighted by molar-refractivity contribution is 5.44. The molecule has 0 bridgehead atoms. The zero-order valence-electron chi connectivity index (χ0n) is 8.59. The van der Waals surface area contributed by atoms with E-state index in [0.29, 0.717) is 0 Å². The zero-order chi connectivity index (χ0) is 10.0. The molecule has 0 spiro atoms. The van der Waals surface area contributed by atoms with Gasteiger partial charge in [0.15, 0.2) is 0 Å². The van der Waals surface area contributed by atoms with E-state index in [-0.39, 0.29) is 0 Å². The van der Waals surface area contributed by atoms with E-state index in [1.165, 1.54) is 0 Å². The molecule has 0 radical (unpaired) electrons. The number of benzene rings is 1. The summed E-state index contributed by atoms with van der Waals surface area (Å²) in [4.78, 5) is 0. The molecule has 0 unspecified atom stereocenters. The van der Waals surface area contributed by atoms with Gasteiger partial charge in [-0.1, -0.05) is 6.07 Å². The van der Waals surface area contributed by atoms with Crippen LogP contribution in [0.2, 0.25) is 0 Å². The Morgan fingerprint density at radius 1 is 1.31 bits per heavy atom. The van der Waals surface area contributed by atoms with Crippen molar-refractivity contribution in [2.24, 2.45) is 0 Å². The minimum atomic E-state index is -0.476. The van der Waals surface area contributed by atoms with E-state index in [9.17, 15) is 5.11 Å². The number of methoxy groups -OCH3 is 1. The monoisotopic (exact) mass is 180 g/mol. The minimum Gasteiger partial charge on any atom is -0.496 e. The highest BCUT2D eigenvalue weighted by Crippen LogP contribution is 2.29. The molecule has 1 atom stereocenters. The van der Waals surface area contributed by atoms with Gasteiger partial charge in [0.2, 0.25) is 0 Å². The lowest BCUT2D eigenvalue weighted by Crippen LogP contribution is -2.00. The Morgan fingerprint density at radius 3 is 2.38 bits per heavy atom. The maximum absolute atomic E-state index is 9.53. The Morgan fingerprint density at radius 2 is 1.92 bits per heavy atom. The summed E-state index contributed by atoms with van der Waals surface area (Å²) in [7, 11) is 1.63. The van der Waals surface area contributed by atoms with Gasteiger partial charge in [-0.2, -0.15) is 0 Å². The summed E-state index contributed by atoms with van der Waals surface area (Å²) in [5, 5.41) is 9.53. The first-order valence-corrected chi connectivity index (χ1v) is 4.39. The van der Waals surface area contributed by atoms with Crippen LogP contribution >= 0.6 is 0 Å².